The minimum atomic E-state index is -0.591. The minimum Gasteiger partial charge on any atom is -0.507 e. The normalized spacial score (nSPS) is 13.3. The number of unbranched alkanes of at least 4 members (excludes halogenated alkanes) is 1. The quantitative estimate of drug-likeness (QED) is 0.137. The molecule has 4 rings (SSSR count). The third-order valence-corrected chi connectivity index (χ3v) is 7.19. The number of hydrazone groups is 1. The van der Waals surface area contributed by atoms with Crippen molar-refractivity contribution >= 4 is 22.6 Å². The zero-order valence-electron chi connectivity index (χ0n) is 23.3. The SMILES string of the molecule is CCCCN(C)C[C@H](/C(C)=N\NC(=O)Cc1ccccc1)[C@@H](c1ccccc1)c1c(O)c2ccccc2oc1=O. The molecule has 3 aromatic carbocycles. The van der Waals surface area contributed by atoms with Crippen molar-refractivity contribution in [3.05, 3.63) is 112 Å². The van der Waals surface area contributed by atoms with Gasteiger partial charge in [0.2, 0.25) is 5.91 Å². The van der Waals surface area contributed by atoms with E-state index in [1.165, 1.54) is 0 Å². The summed E-state index contributed by atoms with van der Waals surface area (Å²) in [5.41, 5.74) is 5.02. The van der Waals surface area contributed by atoms with Gasteiger partial charge < -0.3 is 14.4 Å². The van der Waals surface area contributed by atoms with Crippen LogP contribution < -0.4 is 11.1 Å². The maximum atomic E-state index is 13.5. The molecule has 2 N–H and O–H groups in total. The smallest absolute Gasteiger partial charge is 0.343 e. The number of aromatic hydroxyl groups is 1. The number of nitrogens with one attached hydrogen (secondary N) is 1. The van der Waals surface area contributed by atoms with Gasteiger partial charge in [-0.15, -0.1) is 0 Å². The fraction of sp³-hybridized carbons (Fsp3) is 0.303. The Labute approximate surface area is 235 Å². The van der Waals surface area contributed by atoms with Crippen LogP contribution >= 0.6 is 0 Å². The number of hydrogen-bond acceptors (Lipinski definition) is 6. The van der Waals surface area contributed by atoms with Crippen LogP contribution in [0.15, 0.2) is 99.2 Å². The lowest BCUT2D eigenvalue weighted by molar-refractivity contribution is -0.120. The Bertz CT molecular complexity index is 1500. The lowest BCUT2D eigenvalue weighted by Gasteiger charge is -2.31. The highest BCUT2D eigenvalue weighted by Gasteiger charge is 2.34. The summed E-state index contributed by atoms with van der Waals surface area (Å²) in [7, 11) is 2.04. The molecule has 2 atom stereocenters. The zero-order valence-corrected chi connectivity index (χ0v) is 23.3. The number of rotatable bonds is 12. The predicted octanol–water partition coefficient (Wildman–Crippen LogP) is 5.71. The van der Waals surface area contributed by atoms with Crippen molar-refractivity contribution in [1.82, 2.24) is 10.3 Å². The highest BCUT2D eigenvalue weighted by molar-refractivity contribution is 5.89. The summed E-state index contributed by atoms with van der Waals surface area (Å²) in [6.07, 6.45) is 2.28. The highest BCUT2D eigenvalue weighted by atomic mass is 16.4. The molecule has 0 aliphatic heterocycles. The molecule has 1 amide bonds. The van der Waals surface area contributed by atoms with Crippen LogP contribution in [0.1, 0.15) is 49.3 Å². The molecule has 7 heteroatoms. The second kappa shape index (κ2) is 13.7. The highest BCUT2D eigenvalue weighted by Crippen LogP contribution is 2.39. The van der Waals surface area contributed by atoms with E-state index >= 15 is 0 Å². The van der Waals surface area contributed by atoms with Crippen molar-refractivity contribution in [2.45, 2.75) is 39.0 Å². The van der Waals surface area contributed by atoms with Gasteiger partial charge in [-0.25, -0.2) is 10.2 Å². The van der Waals surface area contributed by atoms with E-state index in [2.05, 4.69) is 22.4 Å². The number of carbonyl (C=O) groups is 1. The molecule has 0 saturated carbocycles. The fourth-order valence-corrected chi connectivity index (χ4v) is 5.07. The monoisotopic (exact) mass is 539 g/mol. The second-order valence-electron chi connectivity index (χ2n) is 10.2. The third kappa shape index (κ3) is 7.04. The lowest BCUT2D eigenvalue weighted by Crippen LogP contribution is -2.37. The zero-order chi connectivity index (χ0) is 28.5. The van der Waals surface area contributed by atoms with Gasteiger partial charge in [-0.1, -0.05) is 86.1 Å². The van der Waals surface area contributed by atoms with Gasteiger partial charge in [-0.3, -0.25) is 4.79 Å². The molecule has 0 spiro atoms. The van der Waals surface area contributed by atoms with Crippen molar-refractivity contribution in [1.29, 1.82) is 0 Å². The molecule has 7 nitrogen and oxygen atoms in total. The van der Waals surface area contributed by atoms with Crippen LogP contribution in [0.4, 0.5) is 0 Å². The Morgan fingerprint density at radius 3 is 2.35 bits per heavy atom. The summed E-state index contributed by atoms with van der Waals surface area (Å²) in [6, 6.07) is 26.1. The lowest BCUT2D eigenvalue weighted by atomic mass is 9.78. The van der Waals surface area contributed by atoms with Crippen LogP contribution in [-0.2, 0) is 11.2 Å². The first-order valence-electron chi connectivity index (χ1n) is 13.7. The Hall–Kier alpha value is -4.23. The van der Waals surface area contributed by atoms with Crippen molar-refractivity contribution < 1.29 is 14.3 Å². The van der Waals surface area contributed by atoms with E-state index in [0.29, 0.717) is 23.2 Å². The molecule has 0 fully saturated rings. The number of benzene rings is 3. The summed E-state index contributed by atoms with van der Waals surface area (Å²) in [5, 5.41) is 16.5. The van der Waals surface area contributed by atoms with Crippen molar-refractivity contribution in [2.24, 2.45) is 11.0 Å². The van der Waals surface area contributed by atoms with Crippen LogP contribution in [0.3, 0.4) is 0 Å². The van der Waals surface area contributed by atoms with E-state index < -0.39 is 11.5 Å². The van der Waals surface area contributed by atoms with Gasteiger partial charge in [-0.05, 0) is 50.2 Å². The average molecular weight is 540 g/mol. The van der Waals surface area contributed by atoms with Crippen LogP contribution in [-0.4, -0.2) is 41.8 Å². The molecular weight excluding hydrogens is 502 g/mol. The molecule has 0 bridgehead atoms. The second-order valence-corrected chi connectivity index (χ2v) is 10.2. The van der Waals surface area contributed by atoms with Crippen LogP contribution in [0.2, 0.25) is 0 Å². The van der Waals surface area contributed by atoms with Crippen molar-refractivity contribution in [3.8, 4) is 5.75 Å². The molecule has 0 radical (unpaired) electrons. The third-order valence-electron chi connectivity index (χ3n) is 7.19. The number of amides is 1. The standard InChI is InChI=1S/C33H37N3O4/c1-4-5-20-36(3)22-27(23(2)34-35-29(37)21-24-14-8-6-9-15-24)30(25-16-10-7-11-17-25)31-32(38)26-18-12-13-19-28(26)40-33(31)39/h6-19,27,30,38H,4-5,20-22H2,1-3H3,(H,35,37)/b34-23-/t27-,30-/m1/s1. The van der Waals surface area contributed by atoms with E-state index in [0.717, 1.165) is 30.5 Å². The first-order valence-corrected chi connectivity index (χ1v) is 13.7. The van der Waals surface area contributed by atoms with Crippen LogP contribution in [0, 0.1) is 5.92 Å². The molecule has 0 unspecified atom stereocenters. The summed E-state index contributed by atoms with van der Waals surface area (Å²) in [5.74, 6) is -1.24. The maximum Gasteiger partial charge on any atom is 0.343 e. The van der Waals surface area contributed by atoms with E-state index in [1.54, 1.807) is 24.3 Å². The first-order chi connectivity index (χ1) is 19.4. The first kappa shape index (κ1) is 28.8. The van der Waals surface area contributed by atoms with Gasteiger partial charge in [0.25, 0.3) is 0 Å². The van der Waals surface area contributed by atoms with Gasteiger partial charge in [0.05, 0.1) is 17.4 Å². The largest absolute Gasteiger partial charge is 0.507 e. The average Bonchev–Trinajstić information content (AvgIpc) is 2.97. The molecule has 4 aromatic rings. The molecule has 0 aliphatic carbocycles. The molecule has 208 valence electrons. The van der Waals surface area contributed by atoms with Crippen LogP contribution in [0.5, 0.6) is 5.75 Å². The van der Waals surface area contributed by atoms with Gasteiger partial charge in [0.1, 0.15) is 11.3 Å². The summed E-state index contributed by atoms with van der Waals surface area (Å²) in [4.78, 5) is 28.4. The number of carbonyl (C=O) groups excluding carboxylic acids is 1. The molecular formula is C33H37N3O4. The number of fused-ring (bicyclic) bond motifs is 1. The minimum absolute atomic E-state index is 0.0946. The van der Waals surface area contributed by atoms with Gasteiger partial charge in [0, 0.05) is 24.1 Å². The molecule has 40 heavy (non-hydrogen) atoms. The Morgan fingerprint density at radius 2 is 1.65 bits per heavy atom. The topological polar surface area (TPSA) is 95.1 Å². The Morgan fingerprint density at radius 1 is 1.00 bits per heavy atom. The van der Waals surface area contributed by atoms with Gasteiger partial charge in [-0.2, -0.15) is 5.10 Å². The van der Waals surface area contributed by atoms with E-state index in [-0.39, 0.29) is 29.6 Å². The van der Waals surface area contributed by atoms with E-state index in [1.807, 2.05) is 74.6 Å². The Balaban J connectivity index is 1.78. The van der Waals surface area contributed by atoms with E-state index in [4.69, 9.17) is 4.42 Å². The van der Waals surface area contributed by atoms with Gasteiger partial charge in [0.15, 0.2) is 0 Å². The Kier molecular flexibility index (Phi) is 9.86. The number of hydrogen-bond donors (Lipinski definition) is 2. The summed E-state index contributed by atoms with van der Waals surface area (Å²) >= 11 is 0. The number of nitrogens with zero attached hydrogens (tertiary/aromatic N) is 2. The molecule has 1 heterocycles. The molecule has 0 saturated heterocycles. The fourth-order valence-electron chi connectivity index (χ4n) is 5.07. The summed E-state index contributed by atoms with van der Waals surface area (Å²) in [6.45, 7) is 5.41. The van der Waals surface area contributed by atoms with Crippen LogP contribution in [0.25, 0.3) is 11.0 Å². The molecule has 0 aliphatic rings. The van der Waals surface area contributed by atoms with E-state index in [9.17, 15) is 14.7 Å². The molecule has 1 aromatic heterocycles. The van der Waals surface area contributed by atoms with Crippen molar-refractivity contribution in [3.63, 3.8) is 0 Å². The summed E-state index contributed by atoms with van der Waals surface area (Å²) < 4.78 is 5.70. The van der Waals surface area contributed by atoms with Crippen molar-refractivity contribution in [2.75, 3.05) is 20.1 Å². The maximum absolute atomic E-state index is 13.5. The number of para-hydroxylation sites is 1. The van der Waals surface area contributed by atoms with Gasteiger partial charge >= 0.3 is 5.63 Å². The predicted molar refractivity (Wildman–Crippen MR) is 160 cm³/mol.